The van der Waals surface area contributed by atoms with Crippen molar-refractivity contribution in [2.45, 2.75) is 12.8 Å². The van der Waals surface area contributed by atoms with Crippen LogP contribution in [0.5, 0.6) is 0 Å². The van der Waals surface area contributed by atoms with E-state index in [-0.39, 0.29) is 5.91 Å². The van der Waals surface area contributed by atoms with Gasteiger partial charge in [0.2, 0.25) is 0 Å². The maximum Gasteiger partial charge on any atom is 0.276 e. The molecule has 2 heterocycles. The normalized spacial score (nSPS) is 25.9. The van der Waals surface area contributed by atoms with Crippen LogP contribution in [0.4, 0.5) is 0 Å². The molecule has 0 radical (unpaired) electrons. The Bertz CT molecular complexity index is 427. The van der Waals surface area contributed by atoms with Crippen molar-refractivity contribution in [1.29, 1.82) is 0 Å². The zero-order chi connectivity index (χ0) is 12.6. The van der Waals surface area contributed by atoms with Crippen molar-refractivity contribution >= 4 is 23.2 Å². The van der Waals surface area contributed by atoms with Crippen LogP contribution in [-0.2, 0) is 4.79 Å². The highest BCUT2D eigenvalue weighted by Gasteiger charge is 2.32. The summed E-state index contributed by atoms with van der Waals surface area (Å²) in [6.07, 6.45) is 6.17. The molecule has 0 saturated carbocycles. The molecule has 0 spiro atoms. The molecular formula is C12H17N3OS. The zero-order valence-electron chi connectivity index (χ0n) is 10.4. The van der Waals surface area contributed by atoms with E-state index in [0.29, 0.717) is 10.8 Å². The third-order valence-corrected chi connectivity index (χ3v) is 3.86. The second-order valence-electron chi connectivity index (χ2n) is 4.44. The van der Waals surface area contributed by atoms with Gasteiger partial charge in [-0.25, -0.2) is 0 Å². The minimum Gasteiger partial charge on any atom is -0.378 e. The maximum atomic E-state index is 11.9. The Morgan fingerprint density at radius 3 is 2.35 bits per heavy atom. The third-order valence-electron chi connectivity index (χ3n) is 3.31. The van der Waals surface area contributed by atoms with E-state index >= 15 is 0 Å². The SMILES string of the molecule is CN1C(=O)/C(=C\C=C2\CCCN2C)N(C)C1=S. The van der Waals surface area contributed by atoms with Gasteiger partial charge in [0.1, 0.15) is 5.70 Å². The number of thiocarbonyl (C=S) groups is 1. The van der Waals surface area contributed by atoms with E-state index in [9.17, 15) is 4.79 Å². The lowest BCUT2D eigenvalue weighted by molar-refractivity contribution is -0.121. The summed E-state index contributed by atoms with van der Waals surface area (Å²) in [5, 5.41) is 0.555. The molecule has 2 saturated heterocycles. The van der Waals surface area contributed by atoms with Gasteiger partial charge in [0, 0.05) is 33.4 Å². The molecule has 92 valence electrons. The van der Waals surface area contributed by atoms with E-state index in [1.54, 1.807) is 11.9 Å². The Labute approximate surface area is 107 Å². The highest BCUT2D eigenvalue weighted by molar-refractivity contribution is 7.80. The first-order valence-corrected chi connectivity index (χ1v) is 6.11. The number of hydrogen-bond donors (Lipinski definition) is 0. The first kappa shape index (κ1) is 12.1. The average Bonchev–Trinajstić information content (AvgIpc) is 2.78. The zero-order valence-corrected chi connectivity index (χ0v) is 11.3. The van der Waals surface area contributed by atoms with Crippen LogP contribution >= 0.6 is 12.2 Å². The Morgan fingerprint density at radius 1 is 1.18 bits per heavy atom. The number of nitrogens with zero attached hydrogens (tertiary/aromatic N) is 3. The minimum atomic E-state index is -0.0324. The van der Waals surface area contributed by atoms with Gasteiger partial charge in [-0.15, -0.1) is 0 Å². The van der Waals surface area contributed by atoms with E-state index in [2.05, 4.69) is 11.9 Å². The molecule has 0 aromatic carbocycles. The number of carbonyl (C=O) groups excluding carboxylic acids is 1. The summed E-state index contributed by atoms with van der Waals surface area (Å²) in [4.78, 5) is 17.4. The number of likely N-dealkylation sites (N-methyl/N-ethyl adjacent to an activating group) is 2. The molecule has 2 fully saturated rings. The Morgan fingerprint density at radius 2 is 1.88 bits per heavy atom. The van der Waals surface area contributed by atoms with Crippen LogP contribution in [0.3, 0.4) is 0 Å². The van der Waals surface area contributed by atoms with Gasteiger partial charge < -0.3 is 9.80 Å². The molecule has 1 amide bonds. The van der Waals surface area contributed by atoms with Gasteiger partial charge in [0.15, 0.2) is 5.11 Å². The Hall–Kier alpha value is -1.36. The fourth-order valence-electron chi connectivity index (χ4n) is 2.13. The predicted molar refractivity (Wildman–Crippen MR) is 71.2 cm³/mol. The van der Waals surface area contributed by atoms with Crippen molar-refractivity contribution in [2.75, 3.05) is 27.7 Å². The molecule has 0 unspecified atom stereocenters. The molecule has 0 N–H and O–H groups in total. The molecule has 2 rings (SSSR count). The fourth-order valence-corrected chi connectivity index (χ4v) is 2.31. The molecule has 0 aromatic heterocycles. The van der Waals surface area contributed by atoms with Crippen molar-refractivity contribution in [1.82, 2.24) is 14.7 Å². The quantitative estimate of drug-likeness (QED) is 0.516. The number of amides is 1. The summed E-state index contributed by atoms with van der Waals surface area (Å²) >= 11 is 5.15. The summed E-state index contributed by atoms with van der Waals surface area (Å²) in [6.45, 7) is 1.09. The van der Waals surface area contributed by atoms with Crippen LogP contribution < -0.4 is 0 Å². The van der Waals surface area contributed by atoms with E-state index in [1.807, 2.05) is 19.2 Å². The van der Waals surface area contributed by atoms with Crippen LogP contribution in [0.25, 0.3) is 0 Å². The van der Waals surface area contributed by atoms with Gasteiger partial charge in [0.05, 0.1) is 0 Å². The van der Waals surface area contributed by atoms with Crippen molar-refractivity contribution in [3.8, 4) is 0 Å². The van der Waals surface area contributed by atoms with Gasteiger partial charge in [-0.2, -0.15) is 0 Å². The molecule has 4 nitrogen and oxygen atoms in total. The van der Waals surface area contributed by atoms with Crippen LogP contribution in [0.2, 0.25) is 0 Å². The molecular weight excluding hydrogens is 234 g/mol. The van der Waals surface area contributed by atoms with Gasteiger partial charge >= 0.3 is 0 Å². The summed E-state index contributed by atoms with van der Waals surface area (Å²) in [7, 11) is 5.61. The molecule has 0 atom stereocenters. The summed E-state index contributed by atoms with van der Waals surface area (Å²) in [6, 6.07) is 0. The first-order chi connectivity index (χ1) is 8.02. The van der Waals surface area contributed by atoms with Crippen LogP contribution in [0, 0.1) is 0 Å². The summed E-state index contributed by atoms with van der Waals surface area (Å²) in [5.74, 6) is -0.0324. The van der Waals surface area contributed by atoms with E-state index in [0.717, 1.165) is 13.0 Å². The van der Waals surface area contributed by atoms with E-state index in [4.69, 9.17) is 12.2 Å². The number of hydrogen-bond acceptors (Lipinski definition) is 3. The van der Waals surface area contributed by atoms with Crippen molar-refractivity contribution in [3.05, 3.63) is 23.5 Å². The van der Waals surface area contributed by atoms with Gasteiger partial charge in [-0.05, 0) is 37.2 Å². The minimum absolute atomic E-state index is 0.0324. The number of rotatable bonds is 1. The van der Waals surface area contributed by atoms with E-state index < -0.39 is 0 Å². The molecule has 0 bridgehead atoms. The van der Waals surface area contributed by atoms with E-state index in [1.165, 1.54) is 17.0 Å². The molecule has 2 aliphatic rings. The summed E-state index contributed by atoms with van der Waals surface area (Å²) < 4.78 is 0. The topological polar surface area (TPSA) is 26.8 Å². The lowest BCUT2D eigenvalue weighted by Gasteiger charge is -2.12. The molecule has 17 heavy (non-hydrogen) atoms. The van der Waals surface area contributed by atoms with Gasteiger partial charge in [0.25, 0.3) is 5.91 Å². The van der Waals surface area contributed by atoms with Crippen molar-refractivity contribution < 1.29 is 4.79 Å². The van der Waals surface area contributed by atoms with Gasteiger partial charge in [-0.1, -0.05) is 0 Å². The molecule has 0 aromatic rings. The largest absolute Gasteiger partial charge is 0.378 e. The molecule has 2 aliphatic heterocycles. The summed E-state index contributed by atoms with van der Waals surface area (Å²) in [5.41, 5.74) is 1.92. The lowest BCUT2D eigenvalue weighted by Crippen LogP contribution is -2.26. The number of carbonyl (C=O) groups is 1. The Balaban J connectivity index is 2.23. The second-order valence-corrected chi connectivity index (χ2v) is 4.81. The van der Waals surface area contributed by atoms with Crippen LogP contribution in [-0.4, -0.2) is 53.4 Å². The monoisotopic (exact) mass is 251 g/mol. The standard InChI is InChI=1S/C12H17N3OS/c1-13-8-4-5-9(13)6-7-10-11(16)15(3)12(17)14(10)2/h6-7H,4-5,8H2,1-3H3/b9-6-,10-7+. The Kier molecular flexibility index (Phi) is 3.19. The average molecular weight is 251 g/mol. The maximum absolute atomic E-state index is 11.9. The predicted octanol–water partition coefficient (Wildman–Crippen LogP) is 1.17. The molecule has 5 heteroatoms. The number of allylic oxidation sites excluding steroid dienone is 3. The highest BCUT2D eigenvalue weighted by atomic mass is 32.1. The third kappa shape index (κ3) is 2.07. The second kappa shape index (κ2) is 4.49. The smallest absolute Gasteiger partial charge is 0.276 e. The van der Waals surface area contributed by atoms with Gasteiger partial charge in [-0.3, -0.25) is 9.69 Å². The first-order valence-electron chi connectivity index (χ1n) is 5.70. The van der Waals surface area contributed by atoms with Crippen molar-refractivity contribution in [3.63, 3.8) is 0 Å². The lowest BCUT2D eigenvalue weighted by atomic mass is 10.2. The van der Waals surface area contributed by atoms with Crippen molar-refractivity contribution in [2.24, 2.45) is 0 Å². The fraction of sp³-hybridized carbons (Fsp3) is 0.500. The highest BCUT2D eigenvalue weighted by Crippen LogP contribution is 2.21. The van der Waals surface area contributed by atoms with Crippen LogP contribution in [0.15, 0.2) is 23.5 Å². The number of likely N-dealkylation sites (tertiary alicyclic amines) is 1. The van der Waals surface area contributed by atoms with Crippen LogP contribution in [0.1, 0.15) is 12.8 Å². The molecule has 0 aliphatic carbocycles.